The van der Waals surface area contributed by atoms with Gasteiger partial charge in [-0.25, -0.2) is 0 Å². The van der Waals surface area contributed by atoms with Gasteiger partial charge in [-0.05, 0) is 49.2 Å². The quantitative estimate of drug-likeness (QED) is 0.751. The number of hydrogen-bond acceptors (Lipinski definition) is 4. The van der Waals surface area contributed by atoms with Crippen LogP contribution in [0, 0.1) is 6.92 Å². The Hall–Kier alpha value is -2.53. The number of ether oxygens (including phenoxy) is 2. The summed E-state index contributed by atoms with van der Waals surface area (Å²) >= 11 is 0. The highest BCUT2D eigenvalue weighted by atomic mass is 16.5. The summed E-state index contributed by atoms with van der Waals surface area (Å²) in [5.41, 5.74) is 3.58. The van der Waals surface area contributed by atoms with E-state index in [0.29, 0.717) is 24.6 Å². The third-order valence-electron chi connectivity index (χ3n) is 4.30. The fourth-order valence-electron chi connectivity index (χ4n) is 2.82. The number of nitrogens with one attached hydrogen (secondary N) is 1. The van der Waals surface area contributed by atoms with Gasteiger partial charge in [-0.2, -0.15) is 0 Å². The third kappa shape index (κ3) is 5.77. The van der Waals surface area contributed by atoms with Gasteiger partial charge in [0.2, 0.25) is 5.91 Å². The van der Waals surface area contributed by atoms with E-state index < -0.39 is 0 Å². The van der Waals surface area contributed by atoms with Crippen LogP contribution in [0.15, 0.2) is 42.5 Å². The van der Waals surface area contributed by atoms with E-state index in [-0.39, 0.29) is 5.91 Å². The summed E-state index contributed by atoms with van der Waals surface area (Å²) in [6, 6.07) is 14.0. The van der Waals surface area contributed by atoms with E-state index in [2.05, 4.69) is 24.4 Å². The number of nitrogens with zero attached hydrogens (tertiary/aromatic N) is 1. The number of benzene rings is 2. The lowest BCUT2D eigenvalue weighted by molar-refractivity contribution is -0.122. The smallest absolute Gasteiger partial charge is 0.234 e. The summed E-state index contributed by atoms with van der Waals surface area (Å²) in [4.78, 5) is 14.2. The molecule has 26 heavy (non-hydrogen) atoms. The van der Waals surface area contributed by atoms with Crippen molar-refractivity contribution in [3.05, 3.63) is 59.2 Å². The van der Waals surface area contributed by atoms with Crippen LogP contribution < -0.4 is 14.8 Å². The molecular formula is C21H28N2O3. The standard InChI is InChI=1S/C21H28N2O3/c1-16-7-5-6-8-18(16)14-23(2)15-21(24)22-12-11-17-9-10-19(25-3)20(13-17)26-4/h5-10,13H,11-12,14-15H2,1-4H3,(H,22,24). The molecule has 0 aliphatic rings. The van der Waals surface area contributed by atoms with Crippen LogP contribution in [-0.4, -0.2) is 45.2 Å². The fourth-order valence-corrected chi connectivity index (χ4v) is 2.82. The topological polar surface area (TPSA) is 50.8 Å². The molecule has 0 saturated heterocycles. The zero-order valence-electron chi connectivity index (χ0n) is 16.0. The zero-order valence-corrected chi connectivity index (χ0v) is 16.0. The molecule has 2 aromatic rings. The molecule has 5 nitrogen and oxygen atoms in total. The number of rotatable bonds is 9. The summed E-state index contributed by atoms with van der Waals surface area (Å²) < 4.78 is 10.5. The molecule has 0 aliphatic carbocycles. The minimum Gasteiger partial charge on any atom is -0.493 e. The van der Waals surface area contributed by atoms with Crippen molar-refractivity contribution in [1.82, 2.24) is 10.2 Å². The van der Waals surface area contributed by atoms with E-state index in [1.807, 2.05) is 42.3 Å². The van der Waals surface area contributed by atoms with Gasteiger partial charge in [0.1, 0.15) is 0 Å². The van der Waals surface area contributed by atoms with Crippen LogP contribution in [0.2, 0.25) is 0 Å². The molecule has 0 aliphatic heterocycles. The van der Waals surface area contributed by atoms with E-state index in [1.54, 1.807) is 14.2 Å². The highest BCUT2D eigenvalue weighted by Crippen LogP contribution is 2.27. The van der Waals surface area contributed by atoms with Crippen molar-refractivity contribution in [2.24, 2.45) is 0 Å². The highest BCUT2D eigenvalue weighted by molar-refractivity contribution is 5.78. The number of methoxy groups -OCH3 is 2. The van der Waals surface area contributed by atoms with Gasteiger partial charge in [-0.1, -0.05) is 30.3 Å². The second-order valence-corrected chi connectivity index (χ2v) is 6.39. The molecule has 0 bridgehead atoms. The van der Waals surface area contributed by atoms with E-state index in [4.69, 9.17) is 9.47 Å². The maximum Gasteiger partial charge on any atom is 0.234 e. The SMILES string of the molecule is COc1ccc(CCNC(=O)CN(C)Cc2ccccc2C)cc1OC. The van der Waals surface area contributed by atoms with Gasteiger partial charge in [-0.3, -0.25) is 9.69 Å². The minimum atomic E-state index is 0.0292. The normalized spacial score (nSPS) is 10.7. The lowest BCUT2D eigenvalue weighted by atomic mass is 10.1. The number of likely N-dealkylation sites (N-methyl/N-ethyl adjacent to an activating group) is 1. The predicted octanol–water partition coefficient (Wildman–Crippen LogP) is 2.80. The Labute approximate surface area is 155 Å². The monoisotopic (exact) mass is 356 g/mol. The first kappa shape index (κ1) is 19.8. The average molecular weight is 356 g/mol. The Morgan fingerprint density at radius 1 is 1.08 bits per heavy atom. The molecule has 2 rings (SSSR count). The molecule has 0 radical (unpaired) electrons. The molecule has 0 atom stereocenters. The molecule has 1 amide bonds. The number of hydrogen-bond donors (Lipinski definition) is 1. The number of aryl methyl sites for hydroxylation is 1. The first-order valence-corrected chi connectivity index (χ1v) is 8.74. The Morgan fingerprint density at radius 2 is 1.81 bits per heavy atom. The molecule has 140 valence electrons. The van der Waals surface area contributed by atoms with Gasteiger partial charge in [0, 0.05) is 13.1 Å². The summed E-state index contributed by atoms with van der Waals surface area (Å²) in [6.07, 6.45) is 0.744. The molecule has 1 N–H and O–H groups in total. The number of amides is 1. The lowest BCUT2D eigenvalue weighted by Crippen LogP contribution is -2.35. The molecule has 0 aromatic heterocycles. The Balaban J connectivity index is 1.77. The van der Waals surface area contributed by atoms with Gasteiger partial charge < -0.3 is 14.8 Å². The average Bonchev–Trinajstić information content (AvgIpc) is 2.63. The van der Waals surface area contributed by atoms with Crippen molar-refractivity contribution in [1.29, 1.82) is 0 Å². The predicted molar refractivity (Wildman–Crippen MR) is 104 cm³/mol. The highest BCUT2D eigenvalue weighted by Gasteiger charge is 2.09. The summed E-state index contributed by atoms with van der Waals surface area (Å²) in [5, 5.41) is 2.98. The maximum absolute atomic E-state index is 12.1. The van der Waals surface area contributed by atoms with Crippen LogP contribution in [0.5, 0.6) is 11.5 Å². The molecule has 2 aromatic carbocycles. The summed E-state index contributed by atoms with van der Waals surface area (Å²) in [6.45, 7) is 3.81. The van der Waals surface area contributed by atoms with Crippen LogP contribution in [0.1, 0.15) is 16.7 Å². The Bertz CT molecular complexity index is 731. The Morgan fingerprint density at radius 3 is 2.50 bits per heavy atom. The van der Waals surface area contributed by atoms with Crippen molar-refractivity contribution < 1.29 is 14.3 Å². The first-order chi connectivity index (χ1) is 12.5. The number of carbonyl (C=O) groups is 1. The molecule has 5 heteroatoms. The van der Waals surface area contributed by atoms with Crippen molar-refractivity contribution >= 4 is 5.91 Å². The second kappa shape index (κ2) is 9.82. The summed E-state index contributed by atoms with van der Waals surface area (Å²) in [7, 11) is 5.19. The van der Waals surface area contributed by atoms with E-state index in [0.717, 1.165) is 18.5 Å². The molecular weight excluding hydrogens is 328 g/mol. The van der Waals surface area contributed by atoms with Gasteiger partial charge in [-0.15, -0.1) is 0 Å². The summed E-state index contributed by atoms with van der Waals surface area (Å²) in [5.74, 6) is 1.44. The van der Waals surface area contributed by atoms with Crippen molar-refractivity contribution in [3.8, 4) is 11.5 Å². The Kier molecular flexibility index (Phi) is 7.48. The van der Waals surface area contributed by atoms with Gasteiger partial charge in [0.15, 0.2) is 11.5 Å². The van der Waals surface area contributed by atoms with Crippen molar-refractivity contribution in [2.75, 3.05) is 34.4 Å². The molecule has 0 fully saturated rings. The molecule has 0 spiro atoms. The molecule has 0 heterocycles. The lowest BCUT2D eigenvalue weighted by Gasteiger charge is -2.17. The molecule has 0 unspecified atom stereocenters. The van der Waals surface area contributed by atoms with Crippen LogP contribution >= 0.6 is 0 Å². The van der Waals surface area contributed by atoms with Gasteiger partial charge >= 0.3 is 0 Å². The largest absolute Gasteiger partial charge is 0.493 e. The van der Waals surface area contributed by atoms with Crippen LogP contribution in [0.4, 0.5) is 0 Å². The first-order valence-electron chi connectivity index (χ1n) is 8.74. The third-order valence-corrected chi connectivity index (χ3v) is 4.30. The van der Waals surface area contributed by atoms with Gasteiger partial charge in [0.25, 0.3) is 0 Å². The fraction of sp³-hybridized carbons (Fsp3) is 0.381. The second-order valence-electron chi connectivity index (χ2n) is 6.39. The van der Waals surface area contributed by atoms with Gasteiger partial charge in [0.05, 0.1) is 20.8 Å². The van der Waals surface area contributed by atoms with Crippen LogP contribution in [-0.2, 0) is 17.8 Å². The number of carbonyl (C=O) groups excluding carboxylic acids is 1. The van der Waals surface area contributed by atoms with Crippen molar-refractivity contribution in [2.45, 2.75) is 19.9 Å². The van der Waals surface area contributed by atoms with E-state index >= 15 is 0 Å². The maximum atomic E-state index is 12.1. The van der Waals surface area contributed by atoms with E-state index in [1.165, 1.54) is 11.1 Å². The molecule has 0 saturated carbocycles. The van der Waals surface area contributed by atoms with Crippen LogP contribution in [0.25, 0.3) is 0 Å². The van der Waals surface area contributed by atoms with E-state index in [9.17, 15) is 4.79 Å². The zero-order chi connectivity index (χ0) is 18.9. The minimum absolute atomic E-state index is 0.0292. The van der Waals surface area contributed by atoms with Crippen molar-refractivity contribution in [3.63, 3.8) is 0 Å². The van der Waals surface area contributed by atoms with Crippen LogP contribution in [0.3, 0.4) is 0 Å².